The lowest BCUT2D eigenvalue weighted by molar-refractivity contribution is 0.0696. The molecule has 0 atom stereocenters. The Kier molecular flexibility index (Phi) is 7.35. The highest BCUT2D eigenvalue weighted by molar-refractivity contribution is 5.90. The first kappa shape index (κ1) is 24.2. The third-order valence-corrected chi connectivity index (χ3v) is 8.23. The summed E-state index contributed by atoms with van der Waals surface area (Å²) in [5.74, 6) is 0.669. The van der Waals surface area contributed by atoms with Crippen LogP contribution in [-0.2, 0) is 12.8 Å². The number of alkyl halides is 1. The quantitative estimate of drug-likeness (QED) is 0.509. The van der Waals surface area contributed by atoms with Gasteiger partial charge in [-0.25, -0.2) is 4.79 Å². The van der Waals surface area contributed by atoms with Crippen molar-refractivity contribution in [2.45, 2.75) is 44.9 Å². The average Bonchev–Trinajstić information content (AvgIpc) is 2.99. The van der Waals surface area contributed by atoms with E-state index in [2.05, 4.69) is 29.2 Å². The average molecular weight is 478 g/mol. The molecule has 2 aromatic carbocycles. The molecule has 0 amide bonds. The SMILES string of the molecule is O=C(O)c1ccc2c(c1)CCCC(C1CC(CO)C1)=C2c1ccc(CC2CN(CCCF)C2)cc1. The van der Waals surface area contributed by atoms with Crippen molar-refractivity contribution in [2.75, 3.05) is 32.9 Å². The molecule has 5 rings (SSSR count). The van der Waals surface area contributed by atoms with Crippen LogP contribution >= 0.6 is 0 Å². The molecule has 2 aromatic rings. The second kappa shape index (κ2) is 10.6. The molecule has 1 aliphatic heterocycles. The Morgan fingerprint density at radius 2 is 1.80 bits per heavy atom. The molecular formula is C30H36FNO3. The fourth-order valence-electron chi connectivity index (χ4n) is 6.28. The van der Waals surface area contributed by atoms with Crippen molar-refractivity contribution in [3.63, 3.8) is 0 Å². The molecule has 0 bridgehead atoms. The van der Waals surface area contributed by atoms with Gasteiger partial charge in [-0.3, -0.25) is 4.39 Å². The van der Waals surface area contributed by atoms with Gasteiger partial charge in [-0.15, -0.1) is 0 Å². The molecule has 0 unspecified atom stereocenters. The van der Waals surface area contributed by atoms with Gasteiger partial charge in [0.2, 0.25) is 0 Å². The van der Waals surface area contributed by atoms with Gasteiger partial charge in [0.25, 0.3) is 0 Å². The molecule has 35 heavy (non-hydrogen) atoms. The number of aliphatic hydroxyl groups is 1. The van der Waals surface area contributed by atoms with E-state index in [1.165, 1.54) is 27.8 Å². The van der Waals surface area contributed by atoms with Gasteiger partial charge in [-0.05, 0) is 103 Å². The zero-order valence-electron chi connectivity index (χ0n) is 20.4. The van der Waals surface area contributed by atoms with Crippen LogP contribution in [0.2, 0.25) is 0 Å². The maximum absolute atomic E-state index is 12.4. The van der Waals surface area contributed by atoms with Crippen molar-refractivity contribution in [2.24, 2.45) is 17.8 Å². The molecule has 1 saturated carbocycles. The minimum absolute atomic E-state index is 0.233. The summed E-state index contributed by atoms with van der Waals surface area (Å²) in [4.78, 5) is 13.9. The molecule has 2 fully saturated rings. The Hall–Kier alpha value is -2.50. The Morgan fingerprint density at radius 1 is 1.03 bits per heavy atom. The standard InChI is InChI=1S/C30H36FNO3/c31-11-2-12-32-17-22(18-32)13-20-5-7-23(8-6-20)29-27(26-14-21(15-26)19-33)4-1-3-24-16-25(30(34)35)9-10-28(24)29/h5-10,16,21-22,26,33H,1-4,11-15,17-19H2,(H,34,35). The van der Waals surface area contributed by atoms with Crippen LogP contribution in [0.15, 0.2) is 48.0 Å². The first-order valence-electron chi connectivity index (χ1n) is 13.1. The van der Waals surface area contributed by atoms with Crippen LogP contribution in [0.1, 0.15) is 64.7 Å². The summed E-state index contributed by atoms with van der Waals surface area (Å²) in [6.07, 6.45) is 6.69. The minimum Gasteiger partial charge on any atom is -0.478 e. The van der Waals surface area contributed by atoms with Crippen LogP contribution in [0.3, 0.4) is 0 Å². The normalized spacial score (nSPS) is 22.8. The fraction of sp³-hybridized carbons (Fsp3) is 0.500. The summed E-state index contributed by atoms with van der Waals surface area (Å²) >= 11 is 0. The summed E-state index contributed by atoms with van der Waals surface area (Å²) in [7, 11) is 0. The van der Waals surface area contributed by atoms with Crippen molar-refractivity contribution in [1.82, 2.24) is 4.90 Å². The lowest BCUT2D eigenvalue weighted by Gasteiger charge is -2.39. The number of halogens is 1. The van der Waals surface area contributed by atoms with Crippen LogP contribution in [0, 0.1) is 17.8 Å². The lowest BCUT2D eigenvalue weighted by Crippen LogP contribution is -2.47. The van der Waals surface area contributed by atoms with Crippen LogP contribution in [0.25, 0.3) is 5.57 Å². The number of benzene rings is 2. The second-order valence-electron chi connectivity index (χ2n) is 10.7. The topological polar surface area (TPSA) is 60.8 Å². The van der Waals surface area contributed by atoms with Gasteiger partial charge in [-0.2, -0.15) is 0 Å². The van der Waals surface area contributed by atoms with E-state index in [1.54, 1.807) is 6.07 Å². The van der Waals surface area contributed by atoms with Crippen LogP contribution in [-0.4, -0.2) is 54.0 Å². The largest absolute Gasteiger partial charge is 0.478 e. The second-order valence-corrected chi connectivity index (χ2v) is 10.7. The van der Waals surface area contributed by atoms with Gasteiger partial charge < -0.3 is 15.1 Å². The number of likely N-dealkylation sites (tertiary alicyclic amines) is 1. The van der Waals surface area contributed by atoms with E-state index in [4.69, 9.17) is 0 Å². The number of nitrogens with zero attached hydrogens (tertiary/aromatic N) is 1. The molecule has 0 aromatic heterocycles. The number of carbonyl (C=O) groups is 1. The number of carboxylic acid groups (broad SMARTS) is 1. The van der Waals surface area contributed by atoms with Gasteiger partial charge in [0.05, 0.1) is 12.2 Å². The Balaban J connectivity index is 1.41. The molecule has 5 heteroatoms. The zero-order valence-corrected chi connectivity index (χ0v) is 20.4. The molecule has 1 saturated heterocycles. The lowest BCUT2D eigenvalue weighted by atomic mass is 9.68. The Labute approximate surface area is 207 Å². The summed E-state index contributed by atoms with van der Waals surface area (Å²) in [6.45, 7) is 3.01. The number of hydrogen-bond donors (Lipinski definition) is 2. The molecular weight excluding hydrogens is 441 g/mol. The number of aryl methyl sites for hydroxylation is 1. The summed E-state index contributed by atoms with van der Waals surface area (Å²) in [5.41, 5.74) is 7.96. The van der Waals surface area contributed by atoms with Crippen LogP contribution < -0.4 is 0 Å². The maximum atomic E-state index is 12.4. The predicted molar refractivity (Wildman–Crippen MR) is 136 cm³/mol. The van der Waals surface area contributed by atoms with E-state index in [-0.39, 0.29) is 13.3 Å². The monoisotopic (exact) mass is 477 g/mol. The first-order valence-corrected chi connectivity index (χ1v) is 13.1. The highest BCUT2D eigenvalue weighted by atomic mass is 19.1. The van der Waals surface area contributed by atoms with Gasteiger partial charge in [0, 0.05) is 26.2 Å². The molecule has 4 nitrogen and oxygen atoms in total. The van der Waals surface area contributed by atoms with Crippen molar-refractivity contribution in [1.29, 1.82) is 0 Å². The van der Waals surface area contributed by atoms with E-state index >= 15 is 0 Å². The third kappa shape index (κ3) is 5.22. The summed E-state index contributed by atoms with van der Waals surface area (Å²) in [5, 5.41) is 19.1. The Bertz CT molecular complexity index is 1080. The van der Waals surface area contributed by atoms with Crippen molar-refractivity contribution in [3.8, 4) is 0 Å². The number of allylic oxidation sites excluding steroid dienone is 1. The molecule has 1 heterocycles. The van der Waals surface area contributed by atoms with E-state index < -0.39 is 5.97 Å². The van der Waals surface area contributed by atoms with Crippen molar-refractivity contribution in [3.05, 3.63) is 75.9 Å². The van der Waals surface area contributed by atoms with E-state index in [0.29, 0.717) is 29.7 Å². The number of rotatable bonds is 9. The summed E-state index contributed by atoms with van der Waals surface area (Å²) in [6, 6.07) is 14.6. The van der Waals surface area contributed by atoms with E-state index in [9.17, 15) is 19.4 Å². The van der Waals surface area contributed by atoms with E-state index in [1.807, 2.05) is 12.1 Å². The minimum atomic E-state index is -0.879. The van der Waals surface area contributed by atoms with Gasteiger partial charge in [0.15, 0.2) is 0 Å². The molecule has 0 radical (unpaired) electrons. The van der Waals surface area contributed by atoms with Gasteiger partial charge >= 0.3 is 5.97 Å². The number of aromatic carboxylic acids is 1. The van der Waals surface area contributed by atoms with Gasteiger partial charge in [0.1, 0.15) is 0 Å². The molecule has 0 spiro atoms. The maximum Gasteiger partial charge on any atom is 0.335 e. The first-order chi connectivity index (χ1) is 17.1. The summed E-state index contributed by atoms with van der Waals surface area (Å²) < 4.78 is 12.4. The van der Waals surface area contributed by atoms with Crippen molar-refractivity contribution >= 4 is 11.5 Å². The molecule has 2 aliphatic carbocycles. The third-order valence-electron chi connectivity index (χ3n) is 8.23. The smallest absolute Gasteiger partial charge is 0.335 e. The fourth-order valence-corrected chi connectivity index (χ4v) is 6.28. The Morgan fingerprint density at radius 3 is 2.49 bits per heavy atom. The highest BCUT2D eigenvalue weighted by Gasteiger charge is 2.34. The number of hydrogen-bond acceptors (Lipinski definition) is 3. The van der Waals surface area contributed by atoms with Crippen LogP contribution in [0.5, 0.6) is 0 Å². The molecule has 186 valence electrons. The number of aliphatic hydroxyl groups excluding tert-OH is 1. The van der Waals surface area contributed by atoms with E-state index in [0.717, 1.165) is 63.7 Å². The molecule has 3 aliphatic rings. The molecule has 2 N–H and O–H groups in total. The van der Waals surface area contributed by atoms with Gasteiger partial charge in [-0.1, -0.05) is 35.9 Å². The van der Waals surface area contributed by atoms with Crippen LogP contribution in [0.4, 0.5) is 4.39 Å². The predicted octanol–water partition coefficient (Wildman–Crippen LogP) is 5.38. The number of carboxylic acids is 1. The zero-order chi connectivity index (χ0) is 24.4. The highest BCUT2D eigenvalue weighted by Crippen LogP contribution is 2.46. The van der Waals surface area contributed by atoms with Crippen molar-refractivity contribution < 1.29 is 19.4 Å². The number of fused-ring (bicyclic) bond motifs is 1.